The molecule has 2 rings (SSSR count). The van der Waals surface area contributed by atoms with Crippen molar-refractivity contribution in [1.82, 2.24) is 0 Å². The van der Waals surface area contributed by atoms with Crippen LogP contribution in [0.2, 0.25) is 5.02 Å². The molecule has 2 aromatic carbocycles. The van der Waals surface area contributed by atoms with Crippen molar-refractivity contribution in [2.24, 2.45) is 5.73 Å². The number of nitrogens with zero attached hydrogens (tertiary/aromatic N) is 1. The Kier molecular flexibility index (Phi) is 7.46. The van der Waals surface area contributed by atoms with Gasteiger partial charge in [-0.15, -0.1) is 0 Å². The molecular weight excluding hydrogens is 380 g/mol. The Bertz CT molecular complexity index is 866. The lowest BCUT2D eigenvalue weighted by Crippen LogP contribution is -2.37. The van der Waals surface area contributed by atoms with Gasteiger partial charge >= 0.3 is 0 Å². The Morgan fingerprint density at radius 3 is 2.46 bits per heavy atom. The molecule has 0 aliphatic rings. The topological polar surface area (TPSA) is 81.9 Å². The molecule has 7 heteroatoms. The van der Waals surface area contributed by atoms with Crippen LogP contribution in [0.3, 0.4) is 0 Å². The minimum atomic E-state index is -0.606. The molecule has 0 fully saturated rings. The maximum absolute atomic E-state index is 12.6. The molecular formula is C21H23ClN2O4. The summed E-state index contributed by atoms with van der Waals surface area (Å²) in [6.07, 6.45) is 2.87. The highest BCUT2D eigenvalue weighted by molar-refractivity contribution is 6.32. The number of para-hydroxylation sites is 1. The number of hydrogen-bond donors (Lipinski definition) is 1. The quantitative estimate of drug-likeness (QED) is 0.683. The van der Waals surface area contributed by atoms with Gasteiger partial charge in [-0.05, 0) is 49.8 Å². The summed E-state index contributed by atoms with van der Waals surface area (Å²) in [6, 6.07) is 12.2. The molecule has 28 heavy (non-hydrogen) atoms. The predicted octanol–water partition coefficient (Wildman–Crippen LogP) is 3.67. The number of amides is 2. The first-order valence-corrected chi connectivity index (χ1v) is 9.06. The largest absolute Gasteiger partial charge is 0.493 e. The SMILES string of the molecule is COc1cc(C=CC(=O)N(CC(N)=O)c2ccccc2)cc(Cl)c1OC(C)C. The highest BCUT2D eigenvalue weighted by Crippen LogP contribution is 2.37. The second-order valence-corrected chi connectivity index (χ2v) is 6.67. The van der Waals surface area contributed by atoms with Crippen LogP contribution in [0.25, 0.3) is 6.08 Å². The summed E-state index contributed by atoms with van der Waals surface area (Å²) >= 11 is 6.30. The summed E-state index contributed by atoms with van der Waals surface area (Å²) in [5, 5.41) is 0.372. The number of carbonyl (C=O) groups excluding carboxylic acids is 2. The number of hydrogen-bond acceptors (Lipinski definition) is 4. The number of ether oxygens (including phenoxy) is 2. The van der Waals surface area contributed by atoms with Crippen molar-refractivity contribution >= 4 is 35.2 Å². The van der Waals surface area contributed by atoms with E-state index in [1.54, 1.807) is 42.5 Å². The van der Waals surface area contributed by atoms with Crippen LogP contribution >= 0.6 is 11.6 Å². The van der Waals surface area contributed by atoms with E-state index in [-0.39, 0.29) is 18.6 Å². The van der Waals surface area contributed by atoms with Gasteiger partial charge in [-0.25, -0.2) is 0 Å². The van der Waals surface area contributed by atoms with E-state index >= 15 is 0 Å². The molecule has 0 spiro atoms. The molecule has 2 amide bonds. The summed E-state index contributed by atoms with van der Waals surface area (Å²) < 4.78 is 11.0. The van der Waals surface area contributed by atoms with Gasteiger partial charge in [0.25, 0.3) is 5.91 Å². The molecule has 0 bridgehead atoms. The molecule has 0 aliphatic carbocycles. The van der Waals surface area contributed by atoms with Crippen LogP contribution in [0.4, 0.5) is 5.69 Å². The first kappa shape index (κ1) is 21.3. The number of nitrogens with two attached hydrogens (primary N) is 1. The number of halogens is 1. The van der Waals surface area contributed by atoms with Gasteiger partial charge in [0.05, 0.1) is 18.2 Å². The van der Waals surface area contributed by atoms with E-state index in [0.717, 1.165) is 0 Å². The molecule has 0 saturated carbocycles. The van der Waals surface area contributed by atoms with E-state index in [1.807, 2.05) is 19.9 Å². The van der Waals surface area contributed by atoms with Crippen LogP contribution in [-0.4, -0.2) is 31.6 Å². The third-order valence-electron chi connectivity index (χ3n) is 3.67. The maximum atomic E-state index is 12.6. The van der Waals surface area contributed by atoms with Gasteiger partial charge in [0.1, 0.15) is 6.54 Å². The zero-order valence-electron chi connectivity index (χ0n) is 16.0. The van der Waals surface area contributed by atoms with E-state index in [1.165, 1.54) is 18.1 Å². The van der Waals surface area contributed by atoms with Crippen molar-refractivity contribution < 1.29 is 19.1 Å². The molecule has 0 heterocycles. The second kappa shape index (κ2) is 9.80. The first-order valence-electron chi connectivity index (χ1n) is 8.69. The van der Waals surface area contributed by atoms with E-state index in [9.17, 15) is 9.59 Å². The Labute approximate surface area is 169 Å². The summed E-state index contributed by atoms with van der Waals surface area (Å²) in [5.74, 6) is -0.0827. The zero-order chi connectivity index (χ0) is 20.7. The third-order valence-corrected chi connectivity index (χ3v) is 3.95. The molecule has 0 radical (unpaired) electrons. The smallest absolute Gasteiger partial charge is 0.251 e. The number of carbonyl (C=O) groups is 2. The van der Waals surface area contributed by atoms with Crippen LogP contribution in [0.15, 0.2) is 48.5 Å². The number of primary amides is 1. The van der Waals surface area contributed by atoms with Gasteiger partial charge in [0.2, 0.25) is 5.91 Å². The normalized spacial score (nSPS) is 10.9. The van der Waals surface area contributed by atoms with Crippen LogP contribution in [-0.2, 0) is 9.59 Å². The van der Waals surface area contributed by atoms with Crippen molar-refractivity contribution in [3.05, 3.63) is 59.1 Å². The Balaban J connectivity index is 2.28. The fourth-order valence-electron chi connectivity index (χ4n) is 2.50. The minimum Gasteiger partial charge on any atom is -0.493 e. The molecule has 0 unspecified atom stereocenters. The summed E-state index contributed by atoms with van der Waals surface area (Å²) in [6.45, 7) is 3.55. The third kappa shape index (κ3) is 5.76. The van der Waals surface area contributed by atoms with Crippen molar-refractivity contribution in [2.75, 3.05) is 18.6 Å². The zero-order valence-corrected chi connectivity index (χ0v) is 16.8. The average Bonchev–Trinajstić information content (AvgIpc) is 2.66. The molecule has 148 valence electrons. The number of benzene rings is 2. The minimum absolute atomic E-state index is 0.0670. The van der Waals surface area contributed by atoms with Gasteiger partial charge in [0.15, 0.2) is 11.5 Å². The van der Waals surface area contributed by atoms with Crippen LogP contribution in [0.1, 0.15) is 19.4 Å². The fraction of sp³-hybridized carbons (Fsp3) is 0.238. The van der Waals surface area contributed by atoms with E-state index in [2.05, 4.69) is 0 Å². The fourth-order valence-corrected chi connectivity index (χ4v) is 2.77. The van der Waals surface area contributed by atoms with E-state index < -0.39 is 5.91 Å². The van der Waals surface area contributed by atoms with Gasteiger partial charge in [-0.2, -0.15) is 0 Å². The highest BCUT2D eigenvalue weighted by Gasteiger charge is 2.16. The lowest BCUT2D eigenvalue weighted by atomic mass is 10.1. The molecule has 0 atom stereocenters. The van der Waals surface area contributed by atoms with Gasteiger partial charge in [-0.1, -0.05) is 29.8 Å². The summed E-state index contributed by atoms with van der Waals surface area (Å²) in [7, 11) is 1.52. The average molecular weight is 403 g/mol. The molecule has 2 N–H and O–H groups in total. The van der Waals surface area contributed by atoms with Crippen LogP contribution < -0.4 is 20.1 Å². The van der Waals surface area contributed by atoms with Gasteiger partial charge in [-0.3, -0.25) is 14.5 Å². The molecule has 0 aromatic heterocycles. The predicted molar refractivity (Wildman–Crippen MR) is 111 cm³/mol. The van der Waals surface area contributed by atoms with Crippen LogP contribution in [0.5, 0.6) is 11.5 Å². The Morgan fingerprint density at radius 1 is 1.21 bits per heavy atom. The first-order chi connectivity index (χ1) is 13.3. The lowest BCUT2D eigenvalue weighted by molar-refractivity contribution is -0.120. The molecule has 0 saturated heterocycles. The summed E-state index contributed by atoms with van der Waals surface area (Å²) in [4.78, 5) is 25.3. The van der Waals surface area contributed by atoms with Crippen LogP contribution in [0, 0.1) is 0 Å². The second-order valence-electron chi connectivity index (χ2n) is 6.26. The summed E-state index contributed by atoms with van der Waals surface area (Å²) in [5.41, 5.74) is 6.51. The highest BCUT2D eigenvalue weighted by atomic mass is 35.5. The number of methoxy groups -OCH3 is 1. The van der Waals surface area contributed by atoms with Crippen molar-refractivity contribution in [3.8, 4) is 11.5 Å². The lowest BCUT2D eigenvalue weighted by Gasteiger charge is -2.19. The molecule has 6 nitrogen and oxygen atoms in total. The molecule has 2 aromatic rings. The van der Waals surface area contributed by atoms with Crippen molar-refractivity contribution in [1.29, 1.82) is 0 Å². The Hall–Kier alpha value is -2.99. The van der Waals surface area contributed by atoms with E-state index in [0.29, 0.717) is 27.8 Å². The number of rotatable bonds is 8. The standard InChI is InChI=1S/C21H23ClN2O4/c1-14(2)28-21-17(22)11-15(12-18(21)27-3)9-10-20(26)24(13-19(23)25)16-7-5-4-6-8-16/h4-12,14H,13H2,1-3H3,(H2,23,25). The van der Waals surface area contributed by atoms with Gasteiger partial charge in [0, 0.05) is 11.8 Å². The maximum Gasteiger partial charge on any atom is 0.251 e. The Morgan fingerprint density at radius 2 is 1.89 bits per heavy atom. The van der Waals surface area contributed by atoms with Crippen molar-refractivity contribution in [2.45, 2.75) is 20.0 Å². The molecule has 0 aliphatic heterocycles. The van der Waals surface area contributed by atoms with E-state index in [4.69, 9.17) is 26.8 Å². The number of anilines is 1. The monoisotopic (exact) mass is 402 g/mol. The van der Waals surface area contributed by atoms with Gasteiger partial charge < -0.3 is 15.2 Å². The van der Waals surface area contributed by atoms with Crippen molar-refractivity contribution in [3.63, 3.8) is 0 Å².